The van der Waals surface area contributed by atoms with Gasteiger partial charge in [-0.15, -0.1) is 0 Å². The van der Waals surface area contributed by atoms with Crippen LogP contribution >= 0.6 is 0 Å². The molecular formula is C21H27N3O4. The average Bonchev–Trinajstić information content (AvgIpc) is 2.87. The first-order valence-corrected chi connectivity index (χ1v) is 9.75. The largest absolute Gasteiger partial charge is 0.336 e. The lowest BCUT2D eigenvalue weighted by Gasteiger charge is -2.30. The Kier molecular flexibility index (Phi) is 5.82. The zero-order chi connectivity index (χ0) is 20.4. The summed E-state index contributed by atoms with van der Waals surface area (Å²) in [6.45, 7) is 3.63. The third-order valence-electron chi connectivity index (χ3n) is 5.84. The number of hydrogen-bond acceptors (Lipinski definition) is 4. The van der Waals surface area contributed by atoms with Crippen molar-refractivity contribution in [3.8, 4) is 0 Å². The van der Waals surface area contributed by atoms with E-state index in [1.807, 2.05) is 19.9 Å². The highest BCUT2D eigenvalue weighted by Crippen LogP contribution is 2.32. The maximum Gasteiger partial charge on any atom is 0.246 e. The van der Waals surface area contributed by atoms with E-state index < -0.39 is 0 Å². The van der Waals surface area contributed by atoms with Gasteiger partial charge in [-0.05, 0) is 31.4 Å². The van der Waals surface area contributed by atoms with Crippen molar-refractivity contribution >= 4 is 34.9 Å². The predicted octanol–water partition coefficient (Wildman–Crippen LogP) is 2.21. The van der Waals surface area contributed by atoms with Gasteiger partial charge in [-0.3, -0.25) is 19.2 Å². The number of carbonyl (C=O) groups excluding carboxylic acids is 4. The van der Waals surface area contributed by atoms with Crippen LogP contribution in [0, 0.1) is 11.8 Å². The summed E-state index contributed by atoms with van der Waals surface area (Å²) in [7, 11) is 1.61. The van der Waals surface area contributed by atoms with Crippen molar-refractivity contribution in [2.45, 2.75) is 45.6 Å². The summed E-state index contributed by atoms with van der Waals surface area (Å²) in [4.78, 5) is 52.4. The Morgan fingerprint density at radius 1 is 1.21 bits per heavy atom. The molecule has 1 aromatic rings. The van der Waals surface area contributed by atoms with Gasteiger partial charge in [-0.1, -0.05) is 19.1 Å². The van der Waals surface area contributed by atoms with Gasteiger partial charge in [0.15, 0.2) is 0 Å². The van der Waals surface area contributed by atoms with Gasteiger partial charge in [0, 0.05) is 38.3 Å². The second kappa shape index (κ2) is 8.12. The quantitative estimate of drug-likeness (QED) is 0.861. The maximum absolute atomic E-state index is 13.0. The lowest BCUT2D eigenvalue weighted by atomic mass is 9.94. The molecule has 1 aliphatic heterocycles. The SMILES string of the molecule is CC1C(=O)CCC1CC(=O)N(C)CC(=O)N1c2ccccc2NC(=O)CC1C. The maximum atomic E-state index is 13.0. The molecule has 3 atom stereocenters. The average molecular weight is 385 g/mol. The molecule has 0 radical (unpaired) electrons. The van der Waals surface area contributed by atoms with Crippen molar-refractivity contribution < 1.29 is 19.2 Å². The fraction of sp³-hybridized carbons (Fsp3) is 0.524. The molecule has 1 aromatic carbocycles. The number of nitrogens with zero attached hydrogens (tertiary/aromatic N) is 2. The molecule has 3 unspecified atom stereocenters. The van der Waals surface area contributed by atoms with Crippen molar-refractivity contribution in [3.05, 3.63) is 24.3 Å². The van der Waals surface area contributed by atoms with Crippen LogP contribution in [0.15, 0.2) is 24.3 Å². The van der Waals surface area contributed by atoms with E-state index in [4.69, 9.17) is 0 Å². The molecule has 0 spiro atoms. The number of para-hydroxylation sites is 2. The zero-order valence-electron chi connectivity index (χ0n) is 16.6. The highest BCUT2D eigenvalue weighted by molar-refractivity contribution is 6.05. The Bertz CT molecular complexity index is 807. The molecular weight excluding hydrogens is 358 g/mol. The van der Waals surface area contributed by atoms with Crippen LogP contribution in [-0.2, 0) is 19.2 Å². The molecule has 0 aromatic heterocycles. The Hall–Kier alpha value is -2.70. The van der Waals surface area contributed by atoms with Gasteiger partial charge in [0.1, 0.15) is 5.78 Å². The minimum absolute atomic E-state index is 0.0530. The number of benzene rings is 1. The Balaban J connectivity index is 1.70. The minimum atomic E-state index is -0.313. The molecule has 2 aliphatic rings. The van der Waals surface area contributed by atoms with E-state index in [9.17, 15) is 19.2 Å². The second-order valence-electron chi connectivity index (χ2n) is 7.89. The number of carbonyl (C=O) groups is 4. The Morgan fingerprint density at radius 2 is 1.93 bits per heavy atom. The van der Waals surface area contributed by atoms with Crippen molar-refractivity contribution in [1.82, 2.24) is 4.90 Å². The number of ketones is 1. The van der Waals surface area contributed by atoms with Crippen molar-refractivity contribution in [3.63, 3.8) is 0 Å². The van der Waals surface area contributed by atoms with Crippen LogP contribution in [0.5, 0.6) is 0 Å². The van der Waals surface area contributed by atoms with Crippen LogP contribution in [0.25, 0.3) is 0 Å². The number of Topliss-reactive ketones (excluding diaryl/α,β-unsaturated/α-hetero) is 1. The van der Waals surface area contributed by atoms with Crippen LogP contribution in [0.3, 0.4) is 0 Å². The summed E-state index contributed by atoms with van der Waals surface area (Å²) in [6, 6.07) is 6.86. The number of rotatable bonds is 4. The van der Waals surface area contributed by atoms with Crippen molar-refractivity contribution in [1.29, 1.82) is 0 Å². The topological polar surface area (TPSA) is 86.8 Å². The fourth-order valence-corrected chi connectivity index (χ4v) is 4.06. The van der Waals surface area contributed by atoms with Gasteiger partial charge >= 0.3 is 0 Å². The van der Waals surface area contributed by atoms with E-state index >= 15 is 0 Å². The van der Waals surface area contributed by atoms with Crippen LogP contribution in [0.4, 0.5) is 11.4 Å². The third kappa shape index (κ3) is 4.08. The summed E-state index contributed by atoms with van der Waals surface area (Å²) < 4.78 is 0. The van der Waals surface area contributed by atoms with Gasteiger partial charge < -0.3 is 15.1 Å². The van der Waals surface area contributed by atoms with Gasteiger partial charge in [0.2, 0.25) is 17.7 Å². The first-order valence-electron chi connectivity index (χ1n) is 9.75. The fourth-order valence-electron chi connectivity index (χ4n) is 4.06. The molecule has 1 aliphatic carbocycles. The summed E-state index contributed by atoms with van der Waals surface area (Å²) >= 11 is 0. The molecule has 0 bridgehead atoms. The smallest absolute Gasteiger partial charge is 0.246 e. The second-order valence-corrected chi connectivity index (χ2v) is 7.89. The normalized spacial score (nSPS) is 24.4. The van der Waals surface area contributed by atoms with Gasteiger partial charge in [0.25, 0.3) is 0 Å². The predicted molar refractivity (Wildman–Crippen MR) is 106 cm³/mol. The molecule has 1 saturated carbocycles. The monoisotopic (exact) mass is 385 g/mol. The molecule has 0 saturated heterocycles. The molecule has 7 nitrogen and oxygen atoms in total. The van der Waals surface area contributed by atoms with Crippen molar-refractivity contribution in [2.75, 3.05) is 23.8 Å². The number of nitrogens with one attached hydrogen (secondary N) is 1. The number of amides is 3. The molecule has 1 N–H and O–H groups in total. The van der Waals surface area contributed by atoms with E-state index in [-0.39, 0.29) is 60.8 Å². The summed E-state index contributed by atoms with van der Waals surface area (Å²) in [6.07, 6.45) is 1.74. The molecule has 1 fully saturated rings. The number of anilines is 2. The molecule has 3 amide bonds. The lowest BCUT2D eigenvalue weighted by Crippen LogP contribution is -2.45. The number of hydrogen-bond donors (Lipinski definition) is 1. The van der Waals surface area contributed by atoms with E-state index in [0.717, 1.165) is 6.42 Å². The van der Waals surface area contributed by atoms with Gasteiger partial charge in [0.05, 0.1) is 17.9 Å². The lowest BCUT2D eigenvalue weighted by molar-refractivity contribution is -0.135. The summed E-state index contributed by atoms with van der Waals surface area (Å²) in [5, 5.41) is 2.83. The van der Waals surface area contributed by atoms with Gasteiger partial charge in [-0.25, -0.2) is 0 Å². The number of fused-ring (bicyclic) bond motifs is 1. The Labute approximate surface area is 165 Å². The molecule has 28 heavy (non-hydrogen) atoms. The minimum Gasteiger partial charge on any atom is -0.336 e. The molecule has 7 heteroatoms. The third-order valence-corrected chi connectivity index (χ3v) is 5.84. The van der Waals surface area contributed by atoms with Crippen LogP contribution in [-0.4, -0.2) is 48.0 Å². The summed E-state index contributed by atoms with van der Waals surface area (Å²) in [5.74, 6) is -0.337. The Morgan fingerprint density at radius 3 is 2.61 bits per heavy atom. The van der Waals surface area contributed by atoms with Crippen LogP contribution in [0.1, 0.15) is 39.5 Å². The van der Waals surface area contributed by atoms with Gasteiger partial charge in [-0.2, -0.15) is 0 Å². The van der Waals surface area contributed by atoms with Crippen molar-refractivity contribution in [2.24, 2.45) is 11.8 Å². The van der Waals surface area contributed by atoms with E-state index in [1.165, 1.54) is 4.90 Å². The highest BCUT2D eigenvalue weighted by Gasteiger charge is 2.34. The molecule has 1 heterocycles. The van der Waals surface area contributed by atoms with E-state index in [0.29, 0.717) is 17.8 Å². The summed E-state index contributed by atoms with van der Waals surface area (Å²) in [5.41, 5.74) is 1.24. The highest BCUT2D eigenvalue weighted by atomic mass is 16.2. The molecule has 3 rings (SSSR count). The first-order chi connectivity index (χ1) is 13.3. The van der Waals surface area contributed by atoms with E-state index in [2.05, 4.69) is 5.32 Å². The standard InChI is InChI=1S/C21H27N3O4/c1-13-10-19(26)22-16-6-4-5-7-17(16)24(13)21(28)12-23(3)20(27)11-15-8-9-18(25)14(15)2/h4-7,13-15H,8-12H2,1-3H3,(H,22,26). The first kappa shape index (κ1) is 20.0. The molecule has 150 valence electrons. The number of likely N-dealkylation sites (N-methyl/N-ethyl adjacent to an activating group) is 1. The van der Waals surface area contributed by atoms with E-state index in [1.54, 1.807) is 30.1 Å². The zero-order valence-corrected chi connectivity index (χ0v) is 16.6. The van der Waals surface area contributed by atoms with Crippen LogP contribution < -0.4 is 10.2 Å². The van der Waals surface area contributed by atoms with Crippen LogP contribution in [0.2, 0.25) is 0 Å².